The summed E-state index contributed by atoms with van der Waals surface area (Å²) in [6, 6.07) is 4.97. The molecule has 2 aliphatic rings. The van der Waals surface area contributed by atoms with Gasteiger partial charge in [-0.2, -0.15) is 0 Å². The first-order valence-electron chi connectivity index (χ1n) is 12.3. The molecule has 4 heterocycles. The summed E-state index contributed by atoms with van der Waals surface area (Å²) in [4.78, 5) is 23.4. The van der Waals surface area contributed by atoms with Gasteiger partial charge in [-0.25, -0.2) is 24.8 Å². The number of hydrogen-bond acceptors (Lipinski definition) is 8. The van der Waals surface area contributed by atoms with Gasteiger partial charge in [-0.1, -0.05) is 42.6 Å². The summed E-state index contributed by atoms with van der Waals surface area (Å²) < 4.78 is 12.3. The molecule has 1 N–H and O–H groups in total. The van der Waals surface area contributed by atoms with Crippen LogP contribution in [0.5, 0.6) is 5.88 Å². The fraction of sp³-hybridized carbons (Fsp3) is 0.423. The zero-order valence-electron chi connectivity index (χ0n) is 20.4. The first-order chi connectivity index (χ1) is 18.1. The number of halogens is 2. The summed E-state index contributed by atoms with van der Waals surface area (Å²) >= 11 is 13.0. The van der Waals surface area contributed by atoms with Crippen molar-refractivity contribution < 1.29 is 9.47 Å². The van der Waals surface area contributed by atoms with E-state index in [0.29, 0.717) is 54.4 Å². The second kappa shape index (κ2) is 11.5. The zero-order chi connectivity index (χ0) is 25.8. The molecule has 2 bridgehead atoms. The highest BCUT2D eigenvalue weighted by atomic mass is 35.5. The Morgan fingerprint density at radius 3 is 2.57 bits per heavy atom. The third-order valence-corrected chi connectivity index (χ3v) is 7.29. The van der Waals surface area contributed by atoms with Gasteiger partial charge >= 0.3 is 0 Å². The fourth-order valence-corrected chi connectivity index (χ4v) is 5.14. The first-order valence-corrected chi connectivity index (χ1v) is 13.1. The first kappa shape index (κ1) is 25.5. The molecule has 2 aromatic heterocycles. The van der Waals surface area contributed by atoms with Crippen LogP contribution >= 0.6 is 23.2 Å². The number of anilines is 3. The molecule has 1 aromatic carbocycles. The van der Waals surface area contributed by atoms with Gasteiger partial charge in [0, 0.05) is 37.3 Å². The van der Waals surface area contributed by atoms with Crippen molar-refractivity contribution in [2.24, 2.45) is 11.8 Å². The molecule has 2 aliphatic heterocycles. The Bertz CT molecular complexity index is 1270. The second-order valence-electron chi connectivity index (χ2n) is 9.28. The Balaban J connectivity index is 1.29. The topological polar surface area (TPSA) is 89.7 Å². The molecule has 37 heavy (non-hydrogen) atoms. The number of piperidine rings is 1. The number of nitrogens with one attached hydrogen (secondary N) is 1. The van der Waals surface area contributed by atoms with Crippen molar-refractivity contribution in [3.63, 3.8) is 0 Å². The molecule has 2 fully saturated rings. The van der Waals surface area contributed by atoms with Gasteiger partial charge in [0.1, 0.15) is 17.5 Å². The standard InChI is InChI=1S/C26H27Cl2N7O2/c1-3-4-5-16-9-30-26(31-10-16)35-11-17-13-36-14-18(12-35)23(17)37-25-22(28)24(32-15-33-25)34-21-7-6-19(29-2)8-20(21)27/h6-10,15,17-18,23H,3-5,11-14H2,1H3,(H,32,33,34). The van der Waals surface area contributed by atoms with Crippen LogP contribution in [0.4, 0.5) is 23.1 Å². The van der Waals surface area contributed by atoms with Crippen LogP contribution in [-0.2, 0) is 11.2 Å². The van der Waals surface area contributed by atoms with Gasteiger partial charge in [0.05, 0.1) is 30.5 Å². The maximum absolute atomic E-state index is 7.13. The van der Waals surface area contributed by atoms with E-state index in [2.05, 4.69) is 41.9 Å². The van der Waals surface area contributed by atoms with Gasteiger partial charge in [-0.3, -0.25) is 0 Å². The molecule has 0 saturated carbocycles. The predicted octanol–water partition coefficient (Wildman–Crippen LogP) is 5.74. The molecule has 9 nitrogen and oxygen atoms in total. The third-order valence-electron chi connectivity index (χ3n) is 6.64. The SMILES string of the molecule is [C-]#[N+]c1ccc(Nc2ncnc(OC3C4COCC3CN(c3ncc(CCCC)cn3)C4)c2Cl)c(Cl)c1. The molecular formula is C26H27Cl2N7O2. The molecule has 0 amide bonds. The molecule has 2 saturated heterocycles. The number of nitrogens with zero attached hydrogens (tertiary/aromatic N) is 6. The normalized spacial score (nSPS) is 20.8. The minimum Gasteiger partial charge on any atom is -0.472 e. The van der Waals surface area contributed by atoms with E-state index in [1.807, 2.05) is 12.4 Å². The second-order valence-corrected chi connectivity index (χ2v) is 10.1. The smallest absolute Gasteiger partial charge is 0.238 e. The molecule has 2 unspecified atom stereocenters. The van der Waals surface area contributed by atoms with Gasteiger partial charge in [0.2, 0.25) is 11.8 Å². The van der Waals surface area contributed by atoms with Crippen LogP contribution in [0.25, 0.3) is 4.85 Å². The van der Waals surface area contributed by atoms with Crippen molar-refractivity contribution in [1.82, 2.24) is 19.9 Å². The average Bonchev–Trinajstić information content (AvgIpc) is 2.91. The highest BCUT2D eigenvalue weighted by molar-refractivity contribution is 6.35. The Kier molecular flexibility index (Phi) is 7.89. The quantitative estimate of drug-likeness (QED) is 0.362. The van der Waals surface area contributed by atoms with E-state index < -0.39 is 0 Å². The Hall–Kier alpha value is -3.19. The molecule has 192 valence electrons. The van der Waals surface area contributed by atoms with Crippen molar-refractivity contribution in [3.05, 3.63) is 63.9 Å². The lowest BCUT2D eigenvalue weighted by molar-refractivity contribution is -0.0769. The summed E-state index contributed by atoms with van der Waals surface area (Å²) in [5.41, 5.74) is 2.20. The average molecular weight is 540 g/mol. The molecule has 0 radical (unpaired) electrons. The minimum atomic E-state index is -0.115. The number of aromatic nitrogens is 4. The number of unbranched alkanes of at least 4 members (excludes halogenated alkanes) is 1. The number of hydrogen-bond donors (Lipinski definition) is 1. The maximum atomic E-state index is 7.13. The van der Waals surface area contributed by atoms with Crippen molar-refractivity contribution in [2.75, 3.05) is 36.5 Å². The van der Waals surface area contributed by atoms with E-state index in [9.17, 15) is 0 Å². The van der Waals surface area contributed by atoms with Gasteiger partial charge in [0.25, 0.3) is 0 Å². The van der Waals surface area contributed by atoms with Crippen molar-refractivity contribution in [1.29, 1.82) is 0 Å². The summed E-state index contributed by atoms with van der Waals surface area (Å²) in [6.07, 6.45) is 8.44. The van der Waals surface area contributed by atoms with Crippen LogP contribution in [-0.4, -0.2) is 52.3 Å². The summed E-state index contributed by atoms with van der Waals surface area (Å²) in [5, 5.41) is 3.78. The number of ether oxygens (including phenoxy) is 2. The van der Waals surface area contributed by atoms with Crippen molar-refractivity contribution in [2.45, 2.75) is 32.3 Å². The number of benzene rings is 1. The van der Waals surface area contributed by atoms with Crippen LogP contribution in [0.1, 0.15) is 25.3 Å². The largest absolute Gasteiger partial charge is 0.472 e. The number of aryl methyl sites for hydroxylation is 1. The number of rotatable bonds is 8. The molecule has 3 aromatic rings. The Labute approximate surface area is 226 Å². The molecule has 0 spiro atoms. The molecular weight excluding hydrogens is 513 g/mol. The van der Waals surface area contributed by atoms with E-state index in [1.165, 1.54) is 11.9 Å². The highest BCUT2D eigenvalue weighted by Crippen LogP contribution is 2.37. The predicted molar refractivity (Wildman–Crippen MR) is 143 cm³/mol. The lowest BCUT2D eigenvalue weighted by atomic mass is 9.84. The molecule has 2 atom stereocenters. The van der Waals surface area contributed by atoms with E-state index in [4.69, 9.17) is 39.2 Å². The lowest BCUT2D eigenvalue weighted by Gasteiger charge is -2.46. The van der Waals surface area contributed by atoms with Crippen LogP contribution in [0.3, 0.4) is 0 Å². The Morgan fingerprint density at radius 2 is 1.89 bits per heavy atom. The maximum Gasteiger partial charge on any atom is 0.238 e. The van der Waals surface area contributed by atoms with Gasteiger partial charge in [0.15, 0.2) is 11.5 Å². The molecule has 0 aliphatic carbocycles. The summed E-state index contributed by atoms with van der Waals surface area (Å²) in [7, 11) is 0. The van der Waals surface area contributed by atoms with Crippen LogP contribution in [0.15, 0.2) is 36.9 Å². The highest BCUT2D eigenvalue weighted by Gasteiger charge is 2.43. The lowest BCUT2D eigenvalue weighted by Crippen LogP contribution is -2.58. The van der Waals surface area contributed by atoms with Crippen LogP contribution < -0.4 is 15.0 Å². The minimum absolute atomic E-state index is 0.105. The van der Waals surface area contributed by atoms with Gasteiger partial charge < -0.3 is 19.7 Å². The van der Waals surface area contributed by atoms with Crippen LogP contribution in [0, 0.1) is 18.4 Å². The van der Waals surface area contributed by atoms with Crippen molar-refractivity contribution >= 4 is 46.3 Å². The molecule has 5 rings (SSSR count). The van der Waals surface area contributed by atoms with Crippen LogP contribution in [0.2, 0.25) is 10.0 Å². The monoisotopic (exact) mass is 539 g/mol. The summed E-state index contributed by atoms with van der Waals surface area (Å²) in [6.45, 7) is 11.9. The van der Waals surface area contributed by atoms with Gasteiger partial charge in [-0.05, 0) is 30.5 Å². The summed E-state index contributed by atoms with van der Waals surface area (Å²) in [5.74, 6) is 1.63. The van der Waals surface area contributed by atoms with E-state index in [1.54, 1.807) is 18.2 Å². The van der Waals surface area contributed by atoms with E-state index in [-0.39, 0.29) is 23.0 Å². The van der Waals surface area contributed by atoms with Gasteiger partial charge in [-0.15, -0.1) is 0 Å². The van der Waals surface area contributed by atoms with E-state index in [0.717, 1.165) is 25.2 Å². The Morgan fingerprint density at radius 1 is 1.14 bits per heavy atom. The fourth-order valence-electron chi connectivity index (χ4n) is 4.73. The molecule has 11 heteroatoms. The van der Waals surface area contributed by atoms with Crippen molar-refractivity contribution in [3.8, 4) is 5.88 Å². The third kappa shape index (κ3) is 5.72. The van der Waals surface area contributed by atoms with E-state index >= 15 is 0 Å². The number of fused-ring (bicyclic) bond motifs is 2. The zero-order valence-corrected chi connectivity index (χ0v) is 21.9.